The number of carboxylic acids is 1. The molecule has 0 spiro atoms. The van der Waals surface area contributed by atoms with Crippen LogP contribution >= 0.6 is 0 Å². The van der Waals surface area contributed by atoms with Gasteiger partial charge in [0.15, 0.2) is 0 Å². The average Bonchev–Trinajstić information content (AvgIpc) is 2.38. The molecule has 0 saturated carbocycles. The molecule has 20 heavy (non-hydrogen) atoms. The van der Waals surface area contributed by atoms with Gasteiger partial charge in [-0.05, 0) is 38.6 Å². The first-order valence-electron chi connectivity index (χ1n) is 6.68. The Morgan fingerprint density at radius 3 is 2.70 bits per heavy atom. The summed E-state index contributed by atoms with van der Waals surface area (Å²) in [5, 5.41) is 9.16. The van der Waals surface area contributed by atoms with E-state index in [4.69, 9.17) is 14.6 Å². The van der Waals surface area contributed by atoms with Gasteiger partial charge in [-0.15, -0.1) is 0 Å². The van der Waals surface area contributed by atoms with Crippen LogP contribution in [0.5, 0.6) is 5.75 Å². The van der Waals surface area contributed by atoms with Crippen LogP contribution in [0.1, 0.15) is 29.8 Å². The van der Waals surface area contributed by atoms with Gasteiger partial charge in [-0.2, -0.15) is 0 Å². The topological polar surface area (TPSA) is 59.0 Å². The Bertz CT molecular complexity index is 447. The fraction of sp³-hybridized carbons (Fsp3) is 0.533. The lowest BCUT2D eigenvalue weighted by Gasteiger charge is -2.21. The number of likely N-dealkylation sites (N-methyl/N-ethyl adjacent to an activating group) is 1. The van der Waals surface area contributed by atoms with Crippen molar-refractivity contribution in [2.75, 3.05) is 27.3 Å². The number of carboxylic acid groups (broad SMARTS) is 1. The van der Waals surface area contributed by atoms with E-state index in [1.165, 1.54) is 7.11 Å². The number of carbonyl (C=O) groups is 1. The fourth-order valence-electron chi connectivity index (χ4n) is 2.17. The summed E-state index contributed by atoms with van der Waals surface area (Å²) >= 11 is 0. The summed E-state index contributed by atoms with van der Waals surface area (Å²) < 4.78 is 10.5. The highest BCUT2D eigenvalue weighted by Crippen LogP contribution is 2.20. The molecule has 5 nitrogen and oxygen atoms in total. The smallest absolute Gasteiger partial charge is 0.339 e. The first-order valence-corrected chi connectivity index (χ1v) is 6.68. The van der Waals surface area contributed by atoms with Crippen molar-refractivity contribution in [2.45, 2.75) is 26.5 Å². The minimum atomic E-state index is -0.978. The number of aromatic carboxylic acids is 1. The molecule has 0 amide bonds. The van der Waals surface area contributed by atoms with Crippen molar-refractivity contribution < 1.29 is 19.4 Å². The number of benzene rings is 1. The van der Waals surface area contributed by atoms with Crippen LogP contribution in [0.3, 0.4) is 0 Å². The second-order valence-electron chi connectivity index (χ2n) is 4.80. The minimum Gasteiger partial charge on any atom is -0.496 e. The fourth-order valence-corrected chi connectivity index (χ4v) is 2.17. The quantitative estimate of drug-likeness (QED) is 0.792. The van der Waals surface area contributed by atoms with E-state index >= 15 is 0 Å². The van der Waals surface area contributed by atoms with Crippen molar-refractivity contribution in [3.8, 4) is 5.75 Å². The molecule has 0 radical (unpaired) electrons. The molecule has 5 heteroatoms. The van der Waals surface area contributed by atoms with E-state index in [2.05, 4.69) is 4.90 Å². The highest BCUT2D eigenvalue weighted by atomic mass is 16.5. The SMILES string of the molecule is CCOC(C)CN(C)Cc1ccc(OC)c(C(=O)O)c1. The summed E-state index contributed by atoms with van der Waals surface area (Å²) in [5.74, 6) is -0.597. The summed E-state index contributed by atoms with van der Waals surface area (Å²) in [4.78, 5) is 13.3. The van der Waals surface area contributed by atoms with Crippen molar-refractivity contribution in [1.82, 2.24) is 4.90 Å². The van der Waals surface area contributed by atoms with E-state index in [1.54, 1.807) is 12.1 Å². The highest BCUT2D eigenvalue weighted by Gasteiger charge is 2.13. The standard InChI is InChI=1S/C15H23NO4/c1-5-20-11(2)9-16(3)10-12-6-7-14(19-4)13(8-12)15(17)18/h6-8,11H,5,9-10H2,1-4H3,(H,17,18). The lowest BCUT2D eigenvalue weighted by atomic mass is 10.1. The summed E-state index contributed by atoms with van der Waals surface area (Å²) in [6.07, 6.45) is 0.155. The van der Waals surface area contributed by atoms with Crippen molar-refractivity contribution in [1.29, 1.82) is 0 Å². The Morgan fingerprint density at radius 2 is 2.15 bits per heavy atom. The van der Waals surface area contributed by atoms with Gasteiger partial charge in [0.1, 0.15) is 11.3 Å². The molecule has 0 saturated heterocycles. The van der Waals surface area contributed by atoms with Gasteiger partial charge >= 0.3 is 5.97 Å². The molecule has 1 atom stereocenters. The van der Waals surface area contributed by atoms with Gasteiger partial charge in [-0.1, -0.05) is 6.07 Å². The molecular weight excluding hydrogens is 258 g/mol. The molecule has 0 aliphatic heterocycles. The summed E-state index contributed by atoms with van der Waals surface area (Å²) in [6.45, 7) is 6.15. The summed E-state index contributed by atoms with van der Waals surface area (Å²) in [6, 6.07) is 5.23. The van der Waals surface area contributed by atoms with Crippen molar-refractivity contribution in [3.05, 3.63) is 29.3 Å². The Labute approximate surface area is 120 Å². The highest BCUT2D eigenvalue weighted by molar-refractivity contribution is 5.91. The van der Waals surface area contributed by atoms with Gasteiger partial charge in [-0.3, -0.25) is 4.90 Å². The zero-order valence-electron chi connectivity index (χ0n) is 12.5. The van der Waals surface area contributed by atoms with Crippen LogP contribution in [0.2, 0.25) is 0 Å². The maximum absolute atomic E-state index is 11.2. The van der Waals surface area contributed by atoms with E-state index in [9.17, 15) is 4.79 Å². The number of hydrogen-bond donors (Lipinski definition) is 1. The second-order valence-corrected chi connectivity index (χ2v) is 4.80. The van der Waals surface area contributed by atoms with Crippen LogP contribution < -0.4 is 4.74 Å². The minimum absolute atomic E-state index is 0.155. The molecular formula is C15H23NO4. The van der Waals surface area contributed by atoms with Crippen molar-refractivity contribution in [2.24, 2.45) is 0 Å². The van der Waals surface area contributed by atoms with Gasteiger partial charge in [0.25, 0.3) is 0 Å². The molecule has 1 aromatic rings. The van der Waals surface area contributed by atoms with Crippen LogP contribution in [0, 0.1) is 0 Å². The van der Waals surface area contributed by atoms with Crippen molar-refractivity contribution in [3.63, 3.8) is 0 Å². The summed E-state index contributed by atoms with van der Waals surface area (Å²) in [7, 11) is 3.46. The molecule has 1 aromatic carbocycles. The molecule has 1 unspecified atom stereocenters. The molecule has 0 aliphatic rings. The zero-order chi connectivity index (χ0) is 15.1. The third kappa shape index (κ3) is 4.83. The number of rotatable bonds is 8. The van der Waals surface area contributed by atoms with E-state index < -0.39 is 5.97 Å². The lowest BCUT2D eigenvalue weighted by molar-refractivity contribution is 0.0503. The van der Waals surface area contributed by atoms with Gasteiger partial charge in [-0.25, -0.2) is 4.79 Å². The third-order valence-electron chi connectivity index (χ3n) is 2.97. The predicted molar refractivity (Wildman–Crippen MR) is 77.4 cm³/mol. The van der Waals surface area contributed by atoms with Gasteiger partial charge < -0.3 is 14.6 Å². The van der Waals surface area contributed by atoms with Gasteiger partial charge in [0.2, 0.25) is 0 Å². The first-order chi connectivity index (χ1) is 9.47. The number of nitrogens with zero attached hydrogens (tertiary/aromatic N) is 1. The number of methoxy groups -OCH3 is 1. The molecule has 0 fully saturated rings. The van der Waals surface area contributed by atoms with Crippen LogP contribution in [0.25, 0.3) is 0 Å². The third-order valence-corrected chi connectivity index (χ3v) is 2.97. The van der Waals surface area contributed by atoms with Crippen LogP contribution in [0.15, 0.2) is 18.2 Å². The molecule has 0 heterocycles. The van der Waals surface area contributed by atoms with Crippen LogP contribution in [0.4, 0.5) is 0 Å². The average molecular weight is 281 g/mol. The zero-order valence-corrected chi connectivity index (χ0v) is 12.5. The van der Waals surface area contributed by atoms with E-state index in [1.807, 2.05) is 27.0 Å². The number of hydrogen-bond acceptors (Lipinski definition) is 4. The van der Waals surface area contributed by atoms with Gasteiger partial charge in [0.05, 0.1) is 13.2 Å². The van der Waals surface area contributed by atoms with Crippen molar-refractivity contribution >= 4 is 5.97 Å². The monoisotopic (exact) mass is 281 g/mol. The number of ether oxygens (including phenoxy) is 2. The van der Waals surface area contributed by atoms with E-state index in [-0.39, 0.29) is 11.7 Å². The summed E-state index contributed by atoms with van der Waals surface area (Å²) in [5.41, 5.74) is 1.13. The Hall–Kier alpha value is -1.59. The maximum Gasteiger partial charge on any atom is 0.339 e. The molecule has 1 rings (SSSR count). The predicted octanol–water partition coefficient (Wildman–Crippen LogP) is 2.25. The maximum atomic E-state index is 11.2. The first kappa shape index (κ1) is 16.5. The van der Waals surface area contributed by atoms with Crippen LogP contribution in [-0.2, 0) is 11.3 Å². The molecule has 0 aliphatic carbocycles. The van der Waals surface area contributed by atoms with Gasteiger partial charge in [0, 0.05) is 19.7 Å². The molecule has 1 N–H and O–H groups in total. The second kappa shape index (κ2) is 7.87. The van der Waals surface area contributed by atoms with E-state index in [0.29, 0.717) is 18.9 Å². The molecule has 0 aromatic heterocycles. The van der Waals surface area contributed by atoms with E-state index in [0.717, 1.165) is 12.1 Å². The molecule has 112 valence electrons. The Kier molecular flexibility index (Phi) is 6.48. The Balaban J connectivity index is 2.72. The van der Waals surface area contributed by atoms with Crippen LogP contribution in [-0.4, -0.2) is 49.4 Å². The lowest BCUT2D eigenvalue weighted by Crippen LogP contribution is -2.28. The largest absolute Gasteiger partial charge is 0.496 e. The molecule has 0 bridgehead atoms. The normalized spacial score (nSPS) is 12.4. The Morgan fingerprint density at radius 1 is 1.45 bits per heavy atom.